The molecule has 0 saturated carbocycles. The summed E-state index contributed by atoms with van der Waals surface area (Å²) in [5, 5.41) is 3.34. The average Bonchev–Trinajstić information content (AvgIpc) is 1.61. The van der Waals surface area contributed by atoms with Gasteiger partial charge in [-0.2, -0.15) is 0 Å². The standard InChI is InChI=1S/C7H16N2O/c1-6(2,8)7(3,4)10-9-5/h5,8H2,1-4H3. The first-order valence-electron chi connectivity index (χ1n) is 3.24. The van der Waals surface area contributed by atoms with Gasteiger partial charge in [0.2, 0.25) is 0 Å². The molecule has 10 heavy (non-hydrogen) atoms. The third kappa shape index (κ3) is 1.99. The molecule has 0 fully saturated rings. The molecule has 0 aliphatic carbocycles. The van der Waals surface area contributed by atoms with Crippen molar-refractivity contribution in [2.45, 2.75) is 38.8 Å². The van der Waals surface area contributed by atoms with Crippen LogP contribution in [0.4, 0.5) is 0 Å². The van der Waals surface area contributed by atoms with E-state index in [1.807, 2.05) is 27.7 Å². The Morgan fingerprint density at radius 1 is 1.30 bits per heavy atom. The molecule has 0 aliphatic rings. The van der Waals surface area contributed by atoms with E-state index in [4.69, 9.17) is 10.6 Å². The number of rotatable bonds is 3. The number of nitrogens with two attached hydrogens (primary N) is 1. The molecule has 0 amide bonds. The van der Waals surface area contributed by atoms with Crippen molar-refractivity contribution in [1.29, 1.82) is 0 Å². The van der Waals surface area contributed by atoms with Crippen LogP contribution in [0.2, 0.25) is 0 Å². The third-order valence-corrected chi connectivity index (χ3v) is 1.84. The van der Waals surface area contributed by atoms with Crippen molar-refractivity contribution >= 4 is 6.72 Å². The molecule has 0 atom stereocenters. The second-order valence-electron chi connectivity index (χ2n) is 3.45. The molecule has 0 unspecified atom stereocenters. The lowest BCUT2D eigenvalue weighted by Gasteiger charge is -2.35. The third-order valence-electron chi connectivity index (χ3n) is 1.84. The number of oxime groups is 1. The van der Waals surface area contributed by atoms with Crippen molar-refractivity contribution < 1.29 is 4.84 Å². The van der Waals surface area contributed by atoms with Crippen molar-refractivity contribution in [1.82, 2.24) is 0 Å². The van der Waals surface area contributed by atoms with Gasteiger partial charge in [-0.05, 0) is 27.7 Å². The summed E-state index contributed by atoms with van der Waals surface area (Å²) in [5.41, 5.74) is 4.91. The Morgan fingerprint density at radius 2 is 1.70 bits per heavy atom. The van der Waals surface area contributed by atoms with E-state index in [-0.39, 0.29) is 0 Å². The van der Waals surface area contributed by atoms with Crippen molar-refractivity contribution in [3.05, 3.63) is 0 Å². The molecule has 2 N–H and O–H groups in total. The lowest BCUT2D eigenvalue weighted by atomic mass is 9.87. The van der Waals surface area contributed by atoms with Gasteiger partial charge in [-0.15, -0.1) is 5.16 Å². The van der Waals surface area contributed by atoms with Gasteiger partial charge in [0.05, 0.1) is 5.54 Å². The topological polar surface area (TPSA) is 47.6 Å². The van der Waals surface area contributed by atoms with Gasteiger partial charge >= 0.3 is 0 Å². The van der Waals surface area contributed by atoms with Gasteiger partial charge in [0.15, 0.2) is 0 Å². The fourth-order valence-corrected chi connectivity index (χ4v) is 0.279. The minimum absolute atomic E-state index is 0.409. The SMILES string of the molecule is C=NOC(C)(C)C(C)(C)N. The number of nitrogens with zero attached hydrogens (tertiary/aromatic N) is 1. The normalized spacial score (nSPS) is 12.9. The molecular weight excluding hydrogens is 128 g/mol. The fourth-order valence-electron chi connectivity index (χ4n) is 0.279. The van der Waals surface area contributed by atoms with E-state index < -0.39 is 11.1 Å². The molecular formula is C7H16N2O. The summed E-state index contributed by atoms with van der Waals surface area (Å²) in [6.45, 7) is 10.8. The summed E-state index contributed by atoms with van der Waals surface area (Å²) in [4.78, 5) is 4.98. The Balaban J connectivity index is 4.23. The lowest BCUT2D eigenvalue weighted by Crippen LogP contribution is -2.53. The van der Waals surface area contributed by atoms with Crippen LogP contribution in [0.15, 0.2) is 5.16 Å². The van der Waals surface area contributed by atoms with Crippen LogP contribution in [-0.2, 0) is 4.84 Å². The summed E-state index contributed by atoms with van der Waals surface area (Å²) < 4.78 is 0. The first-order chi connectivity index (χ1) is 4.31. The van der Waals surface area contributed by atoms with Crippen LogP contribution in [-0.4, -0.2) is 17.9 Å². The van der Waals surface area contributed by atoms with Crippen molar-refractivity contribution in [3.8, 4) is 0 Å². The molecule has 0 rings (SSSR count). The van der Waals surface area contributed by atoms with E-state index in [2.05, 4.69) is 11.9 Å². The molecule has 0 radical (unpaired) electrons. The van der Waals surface area contributed by atoms with Crippen LogP contribution in [0.25, 0.3) is 0 Å². The van der Waals surface area contributed by atoms with Crippen molar-refractivity contribution in [3.63, 3.8) is 0 Å². The molecule has 0 aliphatic heterocycles. The highest BCUT2D eigenvalue weighted by atomic mass is 16.6. The second-order valence-corrected chi connectivity index (χ2v) is 3.45. The number of hydrogen-bond donors (Lipinski definition) is 1. The highest BCUT2D eigenvalue weighted by Gasteiger charge is 2.35. The van der Waals surface area contributed by atoms with Crippen LogP contribution in [0.5, 0.6) is 0 Å². The van der Waals surface area contributed by atoms with Gasteiger partial charge in [-0.1, -0.05) is 0 Å². The molecule has 0 aromatic rings. The minimum Gasteiger partial charge on any atom is -0.388 e. The molecule has 0 aromatic heterocycles. The second kappa shape index (κ2) is 2.58. The van der Waals surface area contributed by atoms with E-state index in [1.54, 1.807) is 0 Å². The summed E-state index contributed by atoms with van der Waals surface area (Å²) in [7, 11) is 0. The predicted molar refractivity (Wildman–Crippen MR) is 43.0 cm³/mol. The zero-order valence-electron chi connectivity index (χ0n) is 7.14. The molecule has 0 bridgehead atoms. The molecule has 3 nitrogen and oxygen atoms in total. The quantitative estimate of drug-likeness (QED) is 0.477. The zero-order chi connectivity index (χ0) is 8.41. The monoisotopic (exact) mass is 144 g/mol. The lowest BCUT2D eigenvalue weighted by molar-refractivity contribution is -0.0586. The van der Waals surface area contributed by atoms with E-state index in [1.165, 1.54) is 0 Å². The maximum atomic E-state index is 5.79. The Kier molecular flexibility index (Phi) is 2.43. The number of hydrogen-bond acceptors (Lipinski definition) is 3. The molecule has 0 aromatic carbocycles. The highest BCUT2D eigenvalue weighted by Crippen LogP contribution is 2.22. The smallest absolute Gasteiger partial charge is 0.149 e. The Bertz CT molecular complexity index is 124. The first kappa shape index (κ1) is 9.43. The van der Waals surface area contributed by atoms with Crippen LogP contribution in [0, 0.1) is 0 Å². The maximum Gasteiger partial charge on any atom is 0.149 e. The van der Waals surface area contributed by atoms with Gasteiger partial charge in [0.25, 0.3) is 0 Å². The van der Waals surface area contributed by atoms with Crippen molar-refractivity contribution in [2.75, 3.05) is 0 Å². The highest BCUT2D eigenvalue weighted by molar-refractivity contribution is 5.21. The Labute approximate surface area is 62.2 Å². The van der Waals surface area contributed by atoms with Crippen LogP contribution < -0.4 is 5.73 Å². The van der Waals surface area contributed by atoms with Crippen LogP contribution in [0.3, 0.4) is 0 Å². The molecule has 60 valence electrons. The minimum atomic E-state index is -0.464. The van der Waals surface area contributed by atoms with Crippen LogP contribution >= 0.6 is 0 Å². The van der Waals surface area contributed by atoms with Crippen LogP contribution in [0.1, 0.15) is 27.7 Å². The molecule has 0 saturated heterocycles. The molecule has 0 heterocycles. The predicted octanol–water partition coefficient (Wildman–Crippen LogP) is 1.13. The van der Waals surface area contributed by atoms with E-state index >= 15 is 0 Å². The van der Waals surface area contributed by atoms with Crippen molar-refractivity contribution in [2.24, 2.45) is 10.9 Å². The van der Waals surface area contributed by atoms with E-state index in [0.29, 0.717) is 0 Å². The van der Waals surface area contributed by atoms with Gasteiger partial charge < -0.3 is 10.6 Å². The summed E-state index contributed by atoms with van der Waals surface area (Å²) in [6.07, 6.45) is 0. The van der Waals surface area contributed by atoms with Gasteiger partial charge in [0.1, 0.15) is 5.60 Å². The van der Waals surface area contributed by atoms with E-state index in [9.17, 15) is 0 Å². The fraction of sp³-hybridized carbons (Fsp3) is 0.857. The Morgan fingerprint density at radius 3 is 1.80 bits per heavy atom. The van der Waals surface area contributed by atoms with Gasteiger partial charge in [-0.3, -0.25) is 0 Å². The average molecular weight is 144 g/mol. The summed E-state index contributed by atoms with van der Waals surface area (Å²) in [6, 6.07) is 0. The summed E-state index contributed by atoms with van der Waals surface area (Å²) in [5.74, 6) is 0. The molecule has 3 heteroatoms. The van der Waals surface area contributed by atoms with Gasteiger partial charge in [-0.25, -0.2) is 0 Å². The first-order valence-corrected chi connectivity index (χ1v) is 3.24. The van der Waals surface area contributed by atoms with Gasteiger partial charge in [0, 0.05) is 6.72 Å². The van der Waals surface area contributed by atoms with E-state index in [0.717, 1.165) is 0 Å². The summed E-state index contributed by atoms with van der Waals surface area (Å²) >= 11 is 0. The Hall–Kier alpha value is -0.570. The zero-order valence-corrected chi connectivity index (χ0v) is 7.14. The molecule has 0 spiro atoms. The maximum absolute atomic E-state index is 5.79. The largest absolute Gasteiger partial charge is 0.388 e.